The molecule has 0 unspecified atom stereocenters. The van der Waals surface area contributed by atoms with E-state index < -0.39 is 20.9 Å². The molecule has 0 aromatic heterocycles. The minimum absolute atomic E-state index is 0.188. The topological polar surface area (TPSA) is 34.1 Å². The molecule has 0 bridgehead atoms. The van der Waals surface area contributed by atoms with Gasteiger partial charge < -0.3 is 0 Å². The Balaban J connectivity index is 3.01. The highest BCUT2D eigenvalue weighted by atomic mass is 32.2. The quantitative estimate of drug-likeness (QED) is 0.557. The van der Waals surface area contributed by atoms with Crippen molar-refractivity contribution >= 4 is 9.84 Å². The van der Waals surface area contributed by atoms with Crippen LogP contribution in [0, 0.1) is 5.82 Å². The van der Waals surface area contributed by atoms with Crippen molar-refractivity contribution < 1.29 is 12.8 Å². The summed E-state index contributed by atoms with van der Waals surface area (Å²) in [6.07, 6.45) is 6.93. The lowest BCUT2D eigenvalue weighted by molar-refractivity contribution is 0.581. The van der Waals surface area contributed by atoms with Crippen LogP contribution < -0.4 is 0 Å². The van der Waals surface area contributed by atoms with Gasteiger partial charge in [-0.1, -0.05) is 38.8 Å². The van der Waals surface area contributed by atoms with Gasteiger partial charge >= 0.3 is 0 Å². The number of allylic oxidation sites excluding steroid dienone is 1. The second kappa shape index (κ2) is 7.43. The third-order valence-corrected chi connectivity index (χ3v) is 5.04. The zero-order valence-electron chi connectivity index (χ0n) is 11.5. The van der Waals surface area contributed by atoms with Crippen LogP contribution in [0.3, 0.4) is 0 Å². The first kappa shape index (κ1) is 15.9. The van der Waals surface area contributed by atoms with E-state index in [1.165, 1.54) is 24.3 Å². The van der Waals surface area contributed by atoms with E-state index in [-0.39, 0.29) is 4.90 Å². The second-order valence-corrected chi connectivity index (χ2v) is 6.71. The Kier molecular flexibility index (Phi) is 6.22. The van der Waals surface area contributed by atoms with Crippen LogP contribution in [0.2, 0.25) is 0 Å². The number of benzene rings is 1. The molecule has 0 fully saturated rings. The fourth-order valence-corrected chi connectivity index (χ4v) is 3.58. The minimum atomic E-state index is -3.41. The monoisotopic (exact) mass is 284 g/mol. The van der Waals surface area contributed by atoms with Gasteiger partial charge in [-0.05, 0) is 37.1 Å². The van der Waals surface area contributed by atoms with Crippen molar-refractivity contribution in [1.29, 1.82) is 0 Å². The standard InChI is InChI=1S/C15H21FO2S/c1-3-5-6-8-14(7-4-2)19(17,18)15-11-9-13(16)10-12-15/h6,8-12,14H,3-5,7H2,1-2H3/b8-6-/t14-/m1/s1. The SMILES string of the molecule is CCC/C=C\[C@@H](CCC)S(=O)(=O)c1ccc(F)cc1. The molecule has 0 saturated heterocycles. The highest BCUT2D eigenvalue weighted by molar-refractivity contribution is 7.92. The Morgan fingerprint density at radius 2 is 1.79 bits per heavy atom. The molecule has 4 heteroatoms. The molecule has 1 aromatic rings. The predicted molar refractivity (Wildman–Crippen MR) is 76.3 cm³/mol. The summed E-state index contributed by atoms with van der Waals surface area (Å²) in [4.78, 5) is 0.188. The molecule has 0 spiro atoms. The lowest BCUT2D eigenvalue weighted by atomic mass is 10.2. The average Bonchev–Trinajstić information content (AvgIpc) is 2.38. The number of sulfone groups is 1. The van der Waals surface area contributed by atoms with E-state index in [9.17, 15) is 12.8 Å². The van der Waals surface area contributed by atoms with Gasteiger partial charge in [-0.25, -0.2) is 12.8 Å². The van der Waals surface area contributed by atoms with Crippen molar-refractivity contribution in [2.24, 2.45) is 0 Å². The highest BCUT2D eigenvalue weighted by Gasteiger charge is 2.24. The van der Waals surface area contributed by atoms with Crippen LogP contribution in [0.25, 0.3) is 0 Å². The lowest BCUT2D eigenvalue weighted by Crippen LogP contribution is -2.19. The van der Waals surface area contributed by atoms with Crippen molar-refractivity contribution in [2.75, 3.05) is 0 Å². The predicted octanol–water partition coefficient (Wildman–Crippen LogP) is 4.12. The summed E-state index contributed by atoms with van der Waals surface area (Å²) < 4.78 is 37.8. The molecule has 1 atom stereocenters. The van der Waals surface area contributed by atoms with Gasteiger partial charge in [0.15, 0.2) is 9.84 Å². The third-order valence-electron chi connectivity index (χ3n) is 2.92. The van der Waals surface area contributed by atoms with Gasteiger partial charge in [0.25, 0.3) is 0 Å². The molecule has 106 valence electrons. The minimum Gasteiger partial charge on any atom is -0.223 e. The zero-order valence-corrected chi connectivity index (χ0v) is 12.3. The summed E-state index contributed by atoms with van der Waals surface area (Å²) >= 11 is 0. The Bertz CT molecular complexity index is 503. The highest BCUT2D eigenvalue weighted by Crippen LogP contribution is 2.21. The molecule has 1 rings (SSSR count). The van der Waals surface area contributed by atoms with E-state index in [0.29, 0.717) is 6.42 Å². The maximum absolute atomic E-state index is 12.9. The summed E-state index contributed by atoms with van der Waals surface area (Å²) in [5.74, 6) is -0.424. The number of hydrogen-bond acceptors (Lipinski definition) is 2. The summed E-state index contributed by atoms with van der Waals surface area (Å²) in [5, 5.41) is -0.519. The van der Waals surface area contributed by atoms with Gasteiger partial charge in [-0.3, -0.25) is 0 Å². The van der Waals surface area contributed by atoms with E-state index in [4.69, 9.17) is 0 Å². The molecular weight excluding hydrogens is 263 g/mol. The van der Waals surface area contributed by atoms with Crippen molar-refractivity contribution in [1.82, 2.24) is 0 Å². The van der Waals surface area contributed by atoms with Crippen LogP contribution in [0.1, 0.15) is 39.5 Å². The van der Waals surface area contributed by atoms with Crippen LogP contribution >= 0.6 is 0 Å². The fourth-order valence-electron chi connectivity index (χ4n) is 1.85. The van der Waals surface area contributed by atoms with Crippen molar-refractivity contribution in [2.45, 2.75) is 49.7 Å². The van der Waals surface area contributed by atoms with Gasteiger partial charge in [0.1, 0.15) is 5.82 Å². The number of unbranched alkanes of at least 4 members (excludes halogenated alkanes) is 1. The maximum atomic E-state index is 12.9. The molecule has 0 aliphatic carbocycles. The second-order valence-electron chi connectivity index (χ2n) is 4.54. The van der Waals surface area contributed by atoms with Crippen LogP contribution in [0.5, 0.6) is 0 Å². The molecule has 0 N–H and O–H groups in total. The van der Waals surface area contributed by atoms with E-state index in [0.717, 1.165) is 19.3 Å². The van der Waals surface area contributed by atoms with Crippen molar-refractivity contribution in [3.05, 3.63) is 42.2 Å². The van der Waals surface area contributed by atoms with Crippen molar-refractivity contribution in [3.63, 3.8) is 0 Å². The van der Waals surface area contributed by atoms with Crippen molar-refractivity contribution in [3.8, 4) is 0 Å². The van der Waals surface area contributed by atoms with E-state index in [2.05, 4.69) is 0 Å². The molecule has 0 aliphatic rings. The van der Waals surface area contributed by atoms with E-state index in [1.807, 2.05) is 19.9 Å². The molecule has 1 aromatic carbocycles. The molecule has 0 radical (unpaired) electrons. The van der Waals surface area contributed by atoms with E-state index >= 15 is 0 Å². The maximum Gasteiger partial charge on any atom is 0.184 e. The summed E-state index contributed by atoms with van der Waals surface area (Å²) in [5.41, 5.74) is 0. The van der Waals surface area contributed by atoms with Crippen LogP contribution in [-0.2, 0) is 9.84 Å². The Morgan fingerprint density at radius 3 is 2.32 bits per heavy atom. The number of rotatable bonds is 7. The van der Waals surface area contributed by atoms with Gasteiger partial charge in [-0.2, -0.15) is 0 Å². The third kappa shape index (κ3) is 4.46. The summed E-state index contributed by atoms with van der Waals surface area (Å²) in [7, 11) is -3.41. The van der Waals surface area contributed by atoms with Gasteiger partial charge in [-0.15, -0.1) is 0 Å². The smallest absolute Gasteiger partial charge is 0.184 e. The molecule has 0 heterocycles. The van der Waals surface area contributed by atoms with Crippen LogP contribution in [-0.4, -0.2) is 13.7 Å². The average molecular weight is 284 g/mol. The summed E-state index contributed by atoms with van der Waals surface area (Å²) in [6.45, 7) is 4.01. The van der Waals surface area contributed by atoms with Gasteiger partial charge in [0, 0.05) is 0 Å². The summed E-state index contributed by atoms with van der Waals surface area (Å²) in [6, 6.07) is 5.04. The molecule has 0 saturated carbocycles. The molecule has 19 heavy (non-hydrogen) atoms. The van der Waals surface area contributed by atoms with Crippen LogP contribution in [0.4, 0.5) is 4.39 Å². The largest absolute Gasteiger partial charge is 0.223 e. The normalized spacial score (nSPS) is 13.8. The first-order valence-corrected chi connectivity index (χ1v) is 8.23. The first-order valence-electron chi connectivity index (χ1n) is 6.68. The van der Waals surface area contributed by atoms with E-state index in [1.54, 1.807) is 6.08 Å². The molecule has 2 nitrogen and oxygen atoms in total. The fraction of sp³-hybridized carbons (Fsp3) is 0.467. The number of hydrogen-bond donors (Lipinski definition) is 0. The lowest BCUT2D eigenvalue weighted by Gasteiger charge is -2.13. The van der Waals surface area contributed by atoms with Crippen LogP contribution in [0.15, 0.2) is 41.3 Å². The van der Waals surface area contributed by atoms with Gasteiger partial charge in [0.05, 0.1) is 10.1 Å². The molecule has 0 amide bonds. The Hall–Kier alpha value is -1.16. The zero-order chi connectivity index (χ0) is 14.3. The van der Waals surface area contributed by atoms with Gasteiger partial charge in [0.2, 0.25) is 0 Å². The molecule has 0 aliphatic heterocycles. The Labute approximate surface area is 115 Å². The molecular formula is C15H21FO2S. The first-order chi connectivity index (χ1) is 9.02. The Morgan fingerprint density at radius 1 is 1.16 bits per heavy atom. The number of halogens is 1.